The smallest absolute Gasteiger partial charge is 0.228 e. The number of carbonyl (C=O) groups is 1. The van der Waals surface area contributed by atoms with Gasteiger partial charge in [0.15, 0.2) is 22.5 Å². The zero-order chi connectivity index (χ0) is 21.6. The van der Waals surface area contributed by atoms with Crippen LogP contribution in [0.15, 0.2) is 53.7 Å². The van der Waals surface area contributed by atoms with Crippen molar-refractivity contribution in [2.75, 3.05) is 44.1 Å². The molecule has 7 nitrogen and oxygen atoms in total. The van der Waals surface area contributed by atoms with Gasteiger partial charge >= 0.3 is 0 Å². The molecule has 1 aromatic heterocycles. The van der Waals surface area contributed by atoms with E-state index in [1.54, 1.807) is 6.07 Å². The quantitative estimate of drug-likeness (QED) is 0.392. The average Bonchev–Trinajstić information content (AvgIpc) is 3.21. The molecule has 0 saturated carbocycles. The molecular formula is C22H23FN4O3S. The second-order valence-electron chi connectivity index (χ2n) is 7.01. The fourth-order valence-corrected chi connectivity index (χ4v) is 4.17. The van der Waals surface area contributed by atoms with Crippen LogP contribution in [-0.2, 0) is 11.3 Å². The normalized spacial score (nSPS) is 13.9. The van der Waals surface area contributed by atoms with E-state index in [1.807, 2.05) is 34.9 Å². The molecule has 3 aromatic rings. The van der Waals surface area contributed by atoms with Crippen molar-refractivity contribution >= 4 is 23.5 Å². The van der Waals surface area contributed by atoms with Gasteiger partial charge in [0.2, 0.25) is 5.95 Å². The van der Waals surface area contributed by atoms with Crippen molar-refractivity contribution < 1.29 is 18.7 Å². The second-order valence-corrected chi connectivity index (χ2v) is 7.96. The van der Waals surface area contributed by atoms with Gasteiger partial charge in [-0.15, -0.1) is 10.2 Å². The van der Waals surface area contributed by atoms with Gasteiger partial charge in [0, 0.05) is 18.7 Å². The number of thioether (sulfide) groups is 1. The molecular weight excluding hydrogens is 419 g/mol. The van der Waals surface area contributed by atoms with Gasteiger partial charge < -0.3 is 14.4 Å². The van der Waals surface area contributed by atoms with Crippen molar-refractivity contribution in [1.82, 2.24) is 14.8 Å². The Morgan fingerprint density at radius 3 is 2.65 bits per heavy atom. The first kappa shape index (κ1) is 21.3. The number of halogens is 1. The molecule has 162 valence electrons. The molecule has 0 unspecified atom stereocenters. The first-order valence-corrected chi connectivity index (χ1v) is 10.9. The van der Waals surface area contributed by atoms with Crippen molar-refractivity contribution in [2.24, 2.45) is 0 Å². The number of hydrogen-bond donors (Lipinski definition) is 0. The van der Waals surface area contributed by atoms with Gasteiger partial charge in [-0.05, 0) is 23.8 Å². The summed E-state index contributed by atoms with van der Waals surface area (Å²) < 4.78 is 26.4. The van der Waals surface area contributed by atoms with E-state index in [-0.39, 0.29) is 17.3 Å². The monoisotopic (exact) mass is 442 g/mol. The average molecular weight is 443 g/mol. The highest BCUT2D eigenvalue weighted by Crippen LogP contribution is 2.26. The number of nitrogens with zero attached hydrogens (tertiary/aromatic N) is 4. The van der Waals surface area contributed by atoms with Crippen LogP contribution in [0, 0.1) is 5.82 Å². The molecule has 0 N–H and O–H groups in total. The summed E-state index contributed by atoms with van der Waals surface area (Å²) in [6, 6.07) is 14.3. The maximum absolute atomic E-state index is 14.0. The van der Waals surface area contributed by atoms with Gasteiger partial charge in [-0.1, -0.05) is 42.1 Å². The molecule has 2 aromatic carbocycles. The molecule has 2 heterocycles. The summed E-state index contributed by atoms with van der Waals surface area (Å²) in [6.07, 6.45) is 0. The van der Waals surface area contributed by atoms with Crippen LogP contribution in [0.1, 0.15) is 15.9 Å². The Labute approximate surface area is 184 Å². The lowest BCUT2D eigenvalue weighted by atomic mass is 10.1. The van der Waals surface area contributed by atoms with Crippen LogP contribution >= 0.6 is 11.8 Å². The van der Waals surface area contributed by atoms with Gasteiger partial charge in [0.1, 0.15) is 0 Å². The van der Waals surface area contributed by atoms with Gasteiger partial charge in [-0.3, -0.25) is 9.36 Å². The molecule has 0 aliphatic carbocycles. The summed E-state index contributed by atoms with van der Waals surface area (Å²) in [5.41, 5.74) is 1.41. The van der Waals surface area contributed by atoms with Crippen molar-refractivity contribution in [1.29, 1.82) is 0 Å². The zero-order valence-electron chi connectivity index (χ0n) is 17.2. The van der Waals surface area contributed by atoms with E-state index in [0.717, 1.165) is 24.6 Å². The molecule has 4 rings (SSSR count). The predicted molar refractivity (Wildman–Crippen MR) is 117 cm³/mol. The lowest BCUT2D eigenvalue weighted by Crippen LogP contribution is -2.38. The third-order valence-corrected chi connectivity index (χ3v) is 5.95. The van der Waals surface area contributed by atoms with Crippen molar-refractivity contribution in [2.45, 2.75) is 11.7 Å². The number of rotatable bonds is 8. The third kappa shape index (κ3) is 5.05. The molecule has 0 atom stereocenters. The maximum Gasteiger partial charge on any atom is 0.228 e. The number of anilines is 1. The van der Waals surface area contributed by atoms with E-state index < -0.39 is 5.82 Å². The first-order chi connectivity index (χ1) is 15.2. The highest BCUT2D eigenvalue weighted by atomic mass is 32.2. The minimum Gasteiger partial charge on any atom is -0.494 e. The van der Waals surface area contributed by atoms with Crippen molar-refractivity contribution in [3.63, 3.8) is 0 Å². The molecule has 1 aliphatic heterocycles. The molecule has 0 spiro atoms. The Morgan fingerprint density at radius 2 is 1.94 bits per heavy atom. The van der Waals surface area contributed by atoms with E-state index in [1.165, 1.54) is 31.0 Å². The van der Waals surface area contributed by atoms with Gasteiger partial charge in [-0.25, -0.2) is 4.39 Å². The lowest BCUT2D eigenvalue weighted by Gasteiger charge is -2.28. The number of carbonyl (C=O) groups excluding carboxylic acids is 1. The SMILES string of the molecule is COc1ccc(C(=O)CSc2nnc(N3CCOCC3)n2Cc2ccccc2)cc1F. The highest BCUT2D eigenvalue weighted by Gasteiger charge is 2.22. The summed E-state index contributed by atoms with van der Waals surface area (Å²) in [7, 11) is 1.39. The number of methoxy groups -OCH3 is 1. The largest absolute Gasteiger partial charge is 0.494 e. The van der Waals surface area contributed by atoms with Crippen molar-refractivity contribution in [3.05, 3.63) is 65.5 Å². The van der Waals surface area contributed by atoms with Crippen LogP contribution in [0.5, 0.6) is 5.75 Å². The third-order valence-electron chi connectivity index (χ3n) is 4.98. The summed E-state index contributed by atoms with van der Waals surface area (Å²) in [5, 5.41) is 9.39. The first-order valence-electron chi connectivity index (χ1n) is 9.95. The van der Waals surface area contributed by atoms with Crippen LogP contribution in [0.3, 0.4) is 0 Å². The topological polar surface area (TPSA) is 69.5 Å². The Bertz CT molecular complexity index is 1040. The van der Waals surface area contributed by atoms with Gasteiger partial charge in [-0.2, -0.15) is 0 Å². The molecule has 0 radical (unpaired) electrons. The number of Topliss-reactive ketones (excluding diaryl/α,β-unsaturated/α-hetero) is 1. The summed E-state index contributed by atoms with van der Waals surface area (Å²) in [5.74, 6) is 0.260. The number of benzene rings is 2. The number of hydrogen-bond acceptors (Lipinski definition) is 7. The summed E-state index contributed by atoms with van der Waals surface area (Å²) in [4.78, 5) is 14.8. The second kappa shape index (κ2) is 9.93. The van der Waals surface area contributed by atoms with Crippen LogP contribution in [0.25, 0.3) is 0 Å². The Balaban J connectivity index is 1.53. The number of ether oxygens (including phenoxy) is 2. The van der Waals surface area contributed by atoms with Crippen LogP contribution in [-0.4, -0.2) is 59.7 Å². The van der Waals surface area contributed by atoms with E-state index >= 15 is 0 Å². The molecule has 9 heteroatoms. The van der Waals surface area contributed by atoms with Crippen LogP contribution in [0.2, 0.25) is 0 Å². The molecule has 0 bridgehead atoms. The van der Waals surface area contributed by atoms with Gasteiger partial charge in [0.05, 0.1) is 32.6 Å². The minimum atomic E-state index is -0.555. The van der Waals surface area contributed by atoms with Crippen LogP contribution < -0.4 is 9.64 Å². The van der Waals surface area contributed by atoms with E-state index in [9.17, 15) is 9.18 Å². The fraction of sp³-hybridized carbons (Fsp3) is 0.318. The fourth-order valence-electron chi connectivity index (χ4n) is 3.34. The lowest BCUT2D eigenvalue weighted by molar-refractivity contribution is 0.102. The van der Waals surface area contributed by atoms with E-state index in [0.29, 0.717) is 30.5 Å². The molecule has 1 fully saturated rings. The number of aromatic nitrogens is 3. The molecule has 0 amide bonds. The summed E-state index contributed by atoms with van der Waals surface area (Å²) >= 11 is 1.30. The van der Waals surface area contributed by atoms with Crippen molar-refractivity contribution in [3.8, 4) is 5.75 Å². The molecule has 31 heavy (non-hydrogen) atoms. The van der Waals surface area contributed by atoms with E-state index in [2.05, 4.69) is 15.1 Å². The Hall–Kier alpha value is -2.91. The number of morpholine rings is 1. The summed E-state index contributed by atoms with van der Waals surface area (Å²) in [6.45, 7) is 3.35. The highest BCUT2D eigenvalue weighted by molar-refractivity contribution is 7.99. The Morgan fingerprint density at radius 1 is 1.16 bits per heavy atom. The van der Waals surface area contributed by atoms with Gasteiger partial charge in [0.25, 0.3) is 0 Å². The molecule has 1 aliphatic rings. The maximum atomic E-state index is 14.0. The van der Waals surface area contributed by atoms with E-state index in [4.69, 9.17) is 9.47 Å². The van der Waals surface area contributed by atoms with Crippen LogP contribution in [0.4, 0.5) is 10.3 Å². The molecule has 1 saturated heterocycles. The minimum absolute atomic E-state index is 0.113. The zero-order valence-corrected chi connectivity index (χ0v) is 18.0. The predicted octanol–water partition coefficient (Wildman–Crippen LogP) is 3.29. The Kier molecular flexibility index (Phi) is 6.83. The standard InChI is InChI=1S/C22H23FN4O3S/c1-29-20-8-7-17(13-18(20)23)19(28)15-31-22-25-24-21(26-9-11-30-12-10-26)27(22)14-16-5-3-2-4-6-16/h2-8,13H,9-12,14-15H2,1H3. The number of ketones is 1.